The number of aliphatic hydroxyl groups excluding tert-OH is 1. The standard InChI is InChI=1S/C15H16BrN3O/c1-10-2-3-12(16)6-14(10)11-7-17-15(18-8-11)19-5-4-13(20)9-19/h2-3,6-8,13,20H,4-5,9H2,1H3. The van der Waals surface area contributed by atoms with Crippen LogP contribution in [0.4, 0.5) is 5.95 Å². The summed E-state index contributed by atoms with van der Waals surface area (Å²) in [6, 6.07) is 6.18. The van der Waals surface area contributed by atoms with Crippen molar-refractivity contribution in [2.75, 3.05) is 18.0 Å². The fourth-order valence-electron chi connectivity index (χ4n) is 2.45. The van der Waals surface area contributed by atoms with Crippen LogP contribution in [0.15, 0.2) is 35.1 Å². The van der Waals surface area contributed by atoms with E-state index in [1.165, 1.54) is 5.56 Å². The number of rotatable bonds is 2. The molecule has 2 heterocycles. The van der Waals surface area contributed by atoms with Gasteiger partial charge in [-0.15, -0.1) is 0 Å². The Morgan fingerprint density at radius 1 is 1.30 bits per heavy atom. The third-order valence-corrected chi connectivity index (χ3v) is 4.09. The zero-order valence-corrected chi connectivity index (χ0v) is 12.8. The Morgan fingerprint density at radius 2 is 2.05 bits per heavy atom. The molecule has 1 saturated heterocycles. The lowest BCUT2D eigenvalue weighted by atomic mass is 10.0. The zero-order chi connectivity index (χ0) is 14.1. The highest BCUT2D eigenvalue weighted by atomic mass is 79.9. The van der Waals surface area contributed by atoms with E-state index in [2.05, 4.69) is 45.0 Å². The van der Waals surface area contributed by atoms with Crippen molar-refractivity contribution in [3.63, 3.8) is 0 Å². The van der Waals surface area contributed by atoms with E-state index in [0.29, 0.717) is 12.5 Å². The van der Waals surface area contributed by atoms with Gasteiger partial charge in [0.15, 0.2) is 0 Å². The van der Waals surface area contributed by atoms with Crippen LogP contribution in [0.3, 0.4) is 0 Å². The highest BCUT2D eigenvalue weighted by Gasteiger charge is 2.22. The van der Waals surface area contributed by atoms with E-state index in [9.17, 15) is 5.11 Å². The topological polar surface area (TPSA) is 49.2 Å². The minimum absolute atomic E-state index is 0.259. The highest BCUT2D eigenvalue weighted by molar-refractivity contribution is 9.10. The molecule has 0 saturated carbocycles. The molecule has 20 heavy (non-hydrogen) atoms. The number of aryl methyl sites for hydroxylation is 1. The summed E-state index contributed by atoms with van der Waals surface area (Å²) in [5.41, 5.74) is 3.33. The van der Waals surface area contributed by atoms with E-state index >= 15 is 0 Å². The predicted octanol–water partition coefficient (Wildman–Crippen LogP) is 2.79. The fraction of sp³-hybridized carbons (Fsp3) is 0.333. The zero-order valence-electron chi connectivity index (χ0n) is 11.3. The number of benzene rings is 1. The molecule has 0 radical (unpaired) electrons. The van der Waals surface area contributed by atoms with Gasteiger partial charge in [-0.3, -0.25) is 0 Å². The SMILES string of the molecule is Cc1ccc(Br)cc1-c1cnc(N2CCC(O)C2)nc1. The summed E-state index contributed by atoms with van der Waals surface area (Å²) in [4.78, 5) is 10.9. The van der Waals surface area contributed by atoms with Gasteiger partial charge >= 0.3 is 0 Å². The van der Waals surface area contributed by atoms with Crippen molar-refractivity contribution in [1.29, 1.82) is 0 Å². The number of aliphatic hydroxyl groups is 1. The van der Waals surface area contributed by atoms with Crippen molar-refractivity contribution in [3.8, 4) is 11.1 Å². The summed E-state index contributed by atoms with van der Waals surface area (Å²) in [7, 11) is 0. The smallest absolute Gasteiger partial charge is 0.225 e. The molecule has 0 aliphatic carbocycles. The van der Waals surface area contributed by atoms with Gasteiger partial charge in [0.1, 0.15) is 0 Å². The van der Waals surface area contributed by atoms with E-state index in [-0.39, 0.29) is 6.10 Å². The largest absolute Gasteiger partial charge is 0.391 e. The van der Waals surface area contributed by atoms with Gasteiger partial charge in [0.25, 0.3) is 0 Å². The Labute approximate surface area is 126 Å². The maximum Gasteiger partial charge on any atom is 0.225 e. The molecule has 1 unspecified atom stereocenters. The molecular formula is C15H16BrN3O. The summed E-state index contributed by atoms with van der Waals surface area (Å²) in [6.07, 6.45) is 4.23. The first-order chi connectivity index (χ1) is 9.63. The summed E-state index contributed by atoms with van der Waals surface area (Å²) in [5.74, 6) is 0.693. The number of hydrogen-bond acceptors (Lipinski definition) is 4. The average Bonchev–Trinajstić information content (AvgIpc) is 2.88. The molecule has 1 aromatic heterocycles. The molecule has 104 valence electrons. The Hall–Kier alpha value is -1.46. The molecule has 1 N–H and O–H groups in total. The normalized spacial score (nSPS) is 18.6. The molecule has 4 nitrogen and oxygen atoms in total. The Morgan fingerprint density at radius 3 is 2.70 bits per heavy atom. The molecular weight excluding hydrogens is 318 g/mol. The molecule has 2 aromatic rings. The molecule has 3 rings (SSSR count). The predicted molar refractivity (Wildman–Crippen MR) is 82.7 cm³/mol. The van der Waals surface area contributed by atoms with E-state index in [1.807, 2.05) is 23.4 Å². The Kier molecular flexibility index (Phi) is 3.72. The maximum atomic E-state index is 9.56. The second kappa shape index (κ2) is 5.50. The number of anilines is 1. The Bertz CT molecular complexity index is 615. The molecule has 0 bridgehead atoms. The van der Waals surface area contributed by atoms with E-state index in [4.69, 9.17) is 0 Å². The number of hydrogen-bond donors (Lipinski definition) is 1. The number of nitrogens with zero attached hydrogens (tertiary/aromatic N) is 3. The van der Waals surface area contributed by atoms with Crippen molar-refractivity contribution in [2.45, 2.75) is 19.4 Å². The van der Waals surface area contributed by atoms with E-state index < -0.39 is 0 Å². The quantitative estimate of drug-likeness (QED) is 0.918. The minimum atomic E-state index is -0.259. The van der Waals surface area contributed by atoms with Crippen molar-refractivity contribution in [3.05, 3.63) is 40.6 Å². The van der Waals surface area contributed by atoms with Crippen LogP contribution >= 0.6 is 15.9 Å². The van der Waals surface area contributed by atoms with Crippen LogP contribution in [0.25, 0.3) is 11.1 Å². The van der Waals surface area contributed by atoms with Crippen molar-refractivity contribution >= 4 is 21.9 Å². The summed E-state index contributed by atoms with van der Waals surface area (Å²) >= 11 is 3.49. The molecule has 1 atom stereocenters. The van der Waals surface area contributed by atoms with Crippen LogP contribution in [0.5, 0.6) is 0 Å². The average molecular weight is 334 g/mol. The second-order valence-corrected chi connectivity index (χ2v) is 6.04. The van der Waals surface area contributed by atoms with Crippen LogP contribution in [0.2, 0.25) is 0 Å². The minimum Gasteiger partial charge on any atom is -0.391 e. The lowest BCUT2D eigenvalue weighted by Crippen LogP contribution is -2.23. The van der Waals surface area contributed by atoms with Gasteiger partial charge < -0.3 is 10.0 Å². The number of halogens is 1. The second-order valence-electron chi connectivity index (χ2n) is 5.12. The van der Waals surface area contributed by atoms with Crippen LogP contribution in [0, 0.1) is 6.92 Å². The first kappa shape index (κ1) is 13.5. The van der Waals surface area contributed by atoms with Gasteiger partial charge in [-0.2, -0.15) is 0 Å². The lowest BCUT2D eigenvalue weighted by molar-refractivity contribution is 0.198. The molecule has 5 heteroatoms. The summed E-state index contributed by atoms with van der Waals surface area (Å²) in [5, 5.41) is 9.56. The Balaban J connectivity index is 1.87. The maximum absolute atomic E-state index is 9.56. The number of β-amino-alcohol motifs (C(OH)–C–C–N with tert-alkyl or cyclic N) is 1. The molecule has 0 spiro atoms. The van der Waals surface area contributed by atoms with Gasteiger partial charge in [-0.05, 0) is 36.6 Å². The molecule has 1 aromatic carbocycles. The highest BCUT2D eigenvalue weighted by Crippen LogP contribution is 2.26. The van der Waals surface area contributed by atoms with Gasteiger partial charge in [-0.25, -0.2) is 9.97 Å². The molecule has 0 amide bonds. The third-order valence-electron chi connectivity index (χ3n) is 3.60. The van der Waals surface area contributed by atoms with Gasteiger partial charge in [0.05, 0.1) is 6.10 Å². The van der Waals surface area contributed by atoms with E-state index in [1.54, 1.807) is 0 Å². The van der Waals surface area contributed by atoms with Crippen LogP contribution in [-0.2, 0) is 0 Å². The molecule has 1 aliphatic heterocycles. The van der Waals surface area contributed by atoms with Crippen molar-refractivity contribution in [1.82, 2.24) is 9.97 Å². The molecule has 1 aliphatic rings. The molecule has 1 fully saturated rings. The van der Waals surface area contributed by atoms with E-state index in [0.717, 1.165) is 28.6 Å². The number of aromatic nitrogens is 2. The first-order valence-electron chi connectivity index (χ1n) is 6.65. The lowest BCUT2D eigenvalue weighted by Gasteiger charge is -2.15. The van der Waals surface area contributed by atoms with Crippen LogP contribution in [0.1, 0.15) is 12.0 Å². The van der Waals surface area contributed by atoms with Crippen molar-refractivity contribution in [2.24, 2.45) is 0 Å². The fourth-order valence-corrected chi connectivity index (χ4v) is 2.81. The first-order valence-corrected chi connectivity index (χ1v) is 7.44. The monoisotopic (exact) mass is 333 g/mol. The summed E-state index contributed by atoms with van der Waals surface area (Å²) in [6.45, 7) is 3.51. The van der Waals surface area contributed by atoms with Gasteiger partial charge in [0.2, 0.25) is 5.95 Å². The van der Waals surface area contributed by atoms with Crippen molar-refractivity contribution < 1.29 is 5.11 Å². The van der Waals surface area contributed by atoms with Crippen LogP contribution < -0.4 is 4.90 Å². The summed E-state index contributed by atoms with van der Waals surface area (Å²) < 4.78 is 1.05. The van der Waals surface area contributed by atoms with Gasteiger partial charge in [-0.1, -0.05) is 22.0 Å². The third kappa shape index (κ3) is 2.69. The van der Waals surface area contributed by atoms with Gasteiger partial charge in [0, 0.05) is 35.5 Å². The van der Waals surface area contributed by atoms with Crippen LogP contribution in [-0.4, -0.2) is 34.3 Å².